The number of aromatic nitrogens is 4. The average Bonchev–Trinajstić information content (AvgIpc) is 2.98. The number of hydrogen-bond acceptors (Lipinski definition) is 5. The maximum absolute atomic E-state index is 8.69. The molecule has 20 heavy (non-hydrogen) atoms. The Morgan fingerprint density at radius 3 is 2.45 bits per heavy atom. The molecule has 2 aromatic heterocycles. The largest absolute Gasteiger partial charge is 0.399 e. The highest BCUT2D eigenvalue weighted by atomic mass is 15.3. The van der Waals surface area contributed by atoms with Gasteiger partial charge in [0.05, 0.1) is 18.6 Å². The van der Waals surface area contributed by atoms with Gasteiger partial charge in [-0.05, 0) is 17.7 Å². The Kier molecular flexibility index (Phi) is 2.86. The van der Waals surface area contributed by atoms with Gasteiger partial charge in [-0.1, -0.05) is 12.1 Å². The lowest BCUT2D eigenvalue weighted by Crippen LogP contribution is -1.99. The number of rotatable bonds is 2. The van der Waals surface area contributed by atoms with E-state index < -0.39 is 0 Å². The normalized spacial score (nSPS) is 10.2. The third kappa shape index (κ3) is 2.20. The highest BCUT2D eigenvalue weighted by Gasteiger charge is 2.05. The minimum Gasteiger partial charge on any atom is -0.399 e. The Hall–Kier alpha value is -3.20. The zero-order chi connectivity index (χ0) is 13.9. The summed E-state index contributed by atoms with van der Waals surface area (Å²) in [4.78, 5) is 8.10. The molecule has 0 saturated carbocycles. The first-order valence-electron chi connectivity index (χ1n) is 5.89. The second-order valence-electron chi connectivity index (χ2n) is 4.17. The van der Waals surface area contributed by atoms with Crippen LogP contribution in [-0.4, -0.2) is 19.7 Å². The highest BCUT2D eigenvalue weighted by Crippen LogP contribution is 2.20. The summed E-state index contributed by atoms with van der Waals surface area (Å²) in [5.74, 6) is 0.561. The summed E-state index contributed by atoms with van der Waals surface area (Å²) in [7, 11) is 0. The van der Waals surface area contributed by atoms with Crippen LogP contribution in [0.25, 0.3) is 16.9 Å². The lowest BCUT2D eigenvalue weighted by molar-refractivity contribution is 0.836. The Labute approximate surface area is 115 Å². The summed E-state index contributed by atoms with van der Waals surface area (Å²) in [6.45, 7) is 0. The molecule has 0 bridgehead atoms. The quantitative estimate of drug-likeness (QED) is 0.710. The van der Waals surface area contributed by atoms with Crippen molar-refractivity contribution in [3.05, 3.63) is 54.7 Å². The molecule has 0 aliphatic carbocycles. The fourth-order valence-electron chi connectivity index (χ4n) is 1.77. The molecule has 0 unspecified atom stereocenters. The van der Waals surface area contributed by atoms with E-state index >= 15 is 0 Å². The number of hydrogen-bond donors (Lipinski definition) is 1. The maximum atomic E-state index is 8.69. The fourth-order valence-corrected chi connectivity index (χ4v) is 1.77. The molecule has 96 valence electrons. The van der Waals surface area contributed by atoms with Crippen LogP contribution in [0.3, 0.4) is 0 Å². The summed E-state index contributed by atoms with van der Waals surface area (Å²) >= 11 is 0. The summed E-state index contributed by atoms with van der Waals surface area (Å²) in [6, 6.07) is 9.47. The molecule has 0 radical (unpaired) electrons. The van der Waals surface area contributed by atoms with Crippen LogP contribution in [0.2, 0.25) is 0 Å². The molecule has 3 rings (SSSR count). The van der Waals surface area contributed by atoms with Crippen LogP contribution in [0, 0.1) is 11.3 Å². The molecule has 3 aromatic rings. The number of nitrogens with zero attached hydrogens (tertiary/aromatic N) is 5. The van der Waals surface area contributed by atoms with Crippen LogP contribution in [-0.2, 0) is 0 Å². The van der Waals surface area contributed by atoms with Crippen molar-refractivity contribution in [3.8, 4) is 23.0 Å². The van der Waals surface area contributed by atoms with E-state index in [-0.39, 0.29) is 5.69 Å². The van der Waals surface area contributed by atoms with Crippen molar-refractivity contribution in [1.29, 1.82) is 5.26 Å². The van der Waals surface area contributed by atoms with Crippen LogP contribution in [0.15, 0.2) is 49.1 Å². The molecule has 1 aromatic carbocycles. The molecule has 6 nitrogen and oxygen atoms in total. The fraction of sp³-hybridized carbons (Fsp3) is 0. The van der Waals surface area contributed by atoms with Gasteiger partial charge >= 0.3 is 0 Å². The second-order valence-corrected chi connectivity index (χ2v) is 4.17. The van der Waals surface area contributed by atoms with E-state index in [4.69, 9.17) is 11.0 Å². The molecule has 2 heterocycles. The molecule has 2 N–H and O–H groups in total. The van der Waals surface area contributed by atoms with Gasteiger partial charge in [0.1, 0.15) is 6.07 Å². The lowest BCUT2D eigenvalue weighted by atomic mass is 10.1. The maximum Gasteiger partial charge on any atom is 0.171 e. The van der Waals surface area contributed by atoms with E-state index in [2.05, 4.69) is 15.1 Å². The summed E-state index contributed by atoms with van der Waals surface area (Å²) in [5, 5.41) is 12.9. The molecule has 6 heteroatoms. The third-order valence-corrected chi connectivity index (χ3v) is 2.81. The number of anilines is 1. The Balaban J connectivity index is 1.93. The van der Waals surface area contributed by atoms with Crippen LogP contribution in [0.1, 0.15) is 5.69 Å². The van der Waals surface area contributed by atoms with Gasteiger partial charge < -0.3 is 5.73 Å². The van der Waals surface area contributed by atoms with Gasteiger partial charge in [0.2, 0.25) is 0 Å². The smallest absolute Gasteiger partial charge is 0.171 e. The van der Waals surface area contributed by atoms with E-state index in [0.29, 0.717) is 5.82 Å². The van der Waals surface area contributed by atoms with Crippen molar-refractivity contribution in [2.75, 3.05) is 5.73 Å². The van der Waals surface area contributed by atoms with E-state index in [1.165, 1.54) is 12.4 Å². The average molecular weight is 262 g/mol. The first-order valence-corrected chi connectivity index (χ1v) is 5.89. The third-order valence-electron chi connectivity index (χ3n) is 2.81. The van der Waals surface area contributed by atoms with Crippen molar-refractivity contribution in [3.63, 3.8) is 0 Å². The summed E-state index contributed by atoms with van der Waals surface area (Å²) in [6.07, 6.45) is 6.52. The van der Waals surface area contributed by atoms with Gasteiger partial charge in [-0.25, -0.2) is 14.6 Å². The highest BCUT2D eigenvalue weighted by molar-refractivity contribution is 5.64. The van der Waals surface area contributed by atoms with Crippen LogP contribution < -0.4 is 5.73 Å². The van der Waals surface area contributed by atoms with E-state index in [1.807, 2.05) is 36.5 Å². The van der Waals surface area contributed by atoms with Crippen molar-refractivity contribution < 1.29 is 0 Å². The number of nitriles is 1. The first kappa shape index (κ1) is 11.9. The standard InChI is InChI=1S/C14H10N6/c15-5-13-7-18-14(8-17-13)20-9-11(6-19-20)10-1-3-12(16)4-2-10/h1-4,6-9H,16H2. The topological polar surface area (TPSA) is 93.4 Å². The zero-order valence-electron chi connectivity index (χ0n) is 10.4. The molecule has 0 fully saturated rings. The SMILES string of the molecule is N#Cc1cnc(-n2cc(-c3ccc(N)cc3)cn2)cn1. The minimum atomic E-state index is 0.277. The van der Waals surface area contributed by atoms with Gasteiger partial charge in [-0.15, -0.1) is 0 Å². The molecule has 0 aliphatic heterocycles. The summed E-state index contributed by atoms with van der Waals surface area (Å²) in [5.41, 5.74) is 8.64. The van der Waals surface area contributed by atoms with Crippen molar-refractivity contribution >= 4 is 5.69 Å². The number of benzene rings is 1. The molecular formula is C14H10N6. The van der Waals surface area contributed by atoms with Crippen LogP contribution in [0.5, 0.6) is 0 Å². The predicted octanol–water partition coefficient (Wildman–Crippen LogP) is 1.78. The van der Waals surface area contributed by atoms with E-state index in [9.17, 15) is 0 Å². The first-order chi connectivity index (χ1) is 9.76. The number of nitrogens with two attached hydrogens (primary N) is 1. The van der Waals surface area contributed by atoms with Gasteiger partial charge in [-0.2, -0.15) is 10.4 Å². The molecule has 0 amide bonds. The lowest BCUT2D eigenvalue weighted by Gasteiger charge is -1.99. The molecular weight excluding hydrogens is 252 g/mol. The Bertz CT molecular complexity index is 765. The summed E-state index contributed by atoms with van der Waals surface area (Å²) < 4.78 is 1.61. The van der Waals surface area contributed by atoms with Gasteiger partial charge in [0, 0.05) is 17.4 Å². The van der Waals surface area contributed by atoms with Gasteiger partial charge in [-0.3, -0.25) is 0 Å². The molecule has 0 atom stereocenters. The number of nitrogen functional groups attached to an aromatic ring is 1. The second kappa shape index (κ2) is 4.82. The zero-order valence-corrected chi connectivity index (χ0v) is 10.4. The van der Waals surface area contributed by atoms with Gasteiger partial charge in [0.15, 0.2) is 11.5 Å². The van der Waals surface area contributed by atoms with Crippen molar-refractivity contribution in [2.24, 2.45) is 0 Å². The van der Waals surface area contributed by atoms with Crippen molar-refractivity contribution in [1.82, 2.24) is 19.7 Å². The molecule has 0 aliphatic rings. The van der Waals surface area contributed by atoms with Crippen LogP contribution in [0.4, 0.5) is 5.69 Å². The predicted molar refractivity (Wildman–Crippen MR) is 73.7 cm³/mol. The van der Waals surface area contributed by atoms with Crippen LogP contribution >= 0.6 is 0 Å². The Morgan fingerprint density at radius 1 is 1.00 bits per heavy atom. The minimum absolute atomic E-state index is 0.277. The Morgan fingerprint density at radius 2 is 1.80 bits per heavy atom. The molecule has 0 saturated heterocycles. The monoisotopic (exact) mass is 262 g/mol. The van der Waals surface area contributed by atoms with Crippen molar-refractivity contribution in [2.45, 2.75) is 0 Å². The van der Waals surface area contributed by atoms with E-state index in [0.717, 1.165) is 16.8 Å². The van der Waals surface area contributed by atoms with E-state index in [1.54, 1.807) is 10.9 Å². The molecule has 0 spiro atoms. The van der Waals surface area contributed by atoms with Gasteiger partial charge in [0.25, 0.3) is 0 Å².